The molecule has 0 bridgehead atoms. The Balaban J connectivity index is 2.21. The third-order valence-electron chi connectivity index (χ3n) is 3.79. The second-order valence-electron chi connectivity index (χ2n) is 5.33. The van der Waals surface area contributed by atoms with E-state index in [0.717, 1.165) is 12.8 Å². The van der Waals surface area contributed by atoms with E-state index in [1.54, 1.807) is 7.05 Å². The molecule has 2 atom stereocenters. The number of aryl methyl sites for hydroxylation is 1. The van der Waals surface area contributed by atoms with Crippen molar-refractivity contribution in [1.29, 1.82) is 0 Å². The maximum atomic E-state index is 12.4. The molecule has 0 saturated heterocycles. The van der Waals surface area contributed by atoms with Gasteiger partial charge in [0.15, 0.2) is 0 Å². The molecule has 0 spiro atoms. The second kappa shape index (κ2) is 6.17. The van der Waals surface area contributed by atoms with Crippen molar-refractivity contribution in [1.82, 2.24) is 14.6 Å². The van der Waals surface area contributed by atoms with Crippen LogP contribution in [0.25, 0.3) is 0 Å². The van der Waals surface area contributed by atoms with Gasteiger partial charge < -0.3 is 15.0 Å². The molecule has 1 fully saturated rings. The molecule has 0 aliphatic heterocycles. The second-order valence-corrected chi connectivity index (χ2v) is 7.04. The summed E-state index contributed by atoms with van der Waals surface area (Å²) in [6.45, 7) is 0. The van der Waals surface area contributed by atoms with Crippen molar-refractivity contribution in [2.45, 2.75) is 42.7 Å². The van der Waals surface area contributed by atoms with Crippen LogP contribution < -0.4 is 10.0 Å². The summed E-state index contributed by atoms with van der Waals surface area (Å²) >= 11 is 0. The molecule has 118 valence electrons. The molecule has 1 heterocycles. The van der Waals surface area contributed by atoms with Crippen LogP contribution in [0.3, 0.4) is 0 Å². The van der Waals surface area contributed by atoms with E-state index in [-0.39, 0.29) is 16.5 Å². The molecule has 8 heteroatoms. The number of aromatic nitrogens is 1. The Morgan fingerprint density at radius 3 is 2.67 bits per heavy atom. The molecule has 1 aliphatic rings. The predicted molar refractivity (Wildman–Crippen MR) is 77.4 cm³/mol. The van der Waals surface area contributed by atoms with Gasteiger partial charge in [0, 0.05) is 26.3 Å². The Bertz CT molecular complexity index is 623. The van der Waals surface area contributed by atoms with Crippen LogP contribution in [-0.4, -0.2) is 43.2 Å². The van der Waals surface area contributed by atoms with E-state index in [1.807, 2.05) is 0 Å². The molecular formula is C13H21N3O4S. The number of aliphatic hydroxyl groups excluding tert-OH is 1. The van der Waals surface area contributed by atoms with Crippen molar-refractivity contribution in [3.05, 3.63) is 18.0 Å². The quantitative estimate of drug-likeness (QED) is 0.726. The standard InChI is InChI=1S/C13H21N3O4S/c1-14-13(18)11-7-9(8-16(11)2)21(19,20)15-10-5-3-4-6-12(10)17/h7-8,10,12,15,17H,3-6H2,1-2H3,(H,14,18)/t10-,12-/m1/s1. The maximum absolute atomic E-state index is 12.4. The van der Waals surface area contributed by atoms with Crippen molar-refractivity contribution in [3.8, 4) is 0 Å². The van der Waals surface area contributed by atoms with E-state index in [9.17, 15) is 18.3 Å². The summed E-state index contributed by atoms with van der Waals surface area (Å²) in [5, 5.41) is 12.3. The molecule has 1 aromatic rings. The monoisotopic (exact) mass is 315 g/mol. The molecule has 21 heavy (non-hydrogen) atoms. The Hall–Kier alpha value is -1.38. The Morgan fingerprint density at radius 1 is 1.38 bits per heavy atom. The summed E-state index contributed by atoms with van der Waals surface area (Å²) < 4.78 is 28.7. The Kier molecular flexibility index (Phi) is 4.70. The molecule has 1 aromatic heterocycles. The third kappa shape index (κ3) is 3.45. The number of carbonyl (C=O) groups is 1. The van der Waals surface area contributed by atoms with Crippen LogP contribution in [0.15, 0.2) is 17.2 Å². The minimum Gasteiger partial charge on any atom is -0.391 e. The van der Waals surface area contributed by atoms with E-state index in [1.165, 1.54) is 23.9 Å². The molecule has 1 saturated carbocycles. The van der Waals surface area contributed by atoms with E-state index in [4.69, 9.17) is 0 Å². The van der Waals surface area contributed by atoms with Crippen molar-refractivity contribution >= 4 is 15.9 Å². The van der Waals surface area contributed by atoms with Crippen LogP contribution in [0.5, 0.6) is 0 Å². The Morgan fingerprint density at radius 2 is 2.05 bits per heavy atom. The lowest BCUT2D eigenvalue weighted by atomic mass is 9.93. The minimum absolute atomic E-state index is 0.0290. The van der Waals surface area contributed by atoms with E-state index in [0.29, 0.717) is 12.8 Å². The van der Waals surface area contributed by atoms with E-state index in [2.05, 4.69) is 10.0 Å². The van der Waals surface area contributed by atoms with Gasteiger partial charge in [-0.15, -0.1) is 0 Å². The number of hydrogen-bond acceptors (Lipinski definition) is 4. The summed E-state index contributed by atoms with van der Waals surface area (Å²) in [4.78, 5) is 11.7. The first-order chi connectivity index (χ1) is 9.85. The van der Waals surface area contributed by atoms with Gasteiger partial charge in [-0.2, -0.15) is 0 Å². The van der Waals surface area contributed by atoms with Gasteiger partial charge in [0.1, 0.15) is 10.6 Å². The first kappa shape index (κ1) is 16.0. The van der Waals surface area contributed by atoms with Crippen LogP contribution in [0.4, 0.5) is 0 Å². The van der Waals surface area contributed by atoms with Gasteiger partial charge in [-0.25, -0.2) is 13.1 Å². The number of rotatable bonds is 4. The molecule has 7 nitrogen and oxygen atoms in total. The average Bonchev–Trinajstić information content (AvgIpc) is 2.83. The topological polar surface area (TPSA) is 100 Å². The van der Waals surface area contributed by atoms with Gasteiger partial charge in [0.05, 0.1) is 6.10 Å². The smallest absolute Gasteiger partial charge is 0.267 e. The first-order valence-electron chi connectivity index (χ1n) is 6.94. The molecule has 1 aliphatic carbocycles. The van der Waals surface area contributed by atoms with Crippen LogP contribution in [0, 0.1) is 0 Å². The molecule has 1 amide bonds. The molecule has 0 radical (unpaired) electrons. The average molecular weight is 315 g/mol. The zero-order valence-electron chi connectivity index (χ0n) is 12.2. The molecular weight excluding hydrogens is 294 g/mol. The predicted octanol–water partition coefficient (Wildman–Crippen LogP) is -0.0335. The third-order valence-corrected chi connectivity index (χ3v) is 5.24. The van der Waals surface area contributed by atoms with Crippen LogP contribution in [0.2, 0.25) is 0 Å². The van der Waals surface area contributed by atoms with Gasteiger partial charge in [-0.05, 0) is 18.9 Å². The normalized spacial score (nSPS) is 23.0. The van der Waals surface area contributed by atoms with Crippen molar-refractivity contribution < 1.29 is 18.3 Å². The number of nitrogens with one attached hydrogen (secondary N) is 2. The van der Waals surface area contributed by atoms with Crippen molar-refractivity contribution in [2.75, 3.05) is 7.05 Å². The number of amides is 1. The lowest BCUT2D eigenvalue weighted by molar-refractivity contribution is 0.0955. The summed E-state index contributed by atoms with van der Waals surface area (Å²) in [6.07, 6.45) is 3.76. The fourth-order valence-electron chi connectivity index (χ4n) is 2.55. The lowest BCUT2D eigenvalue weighted by Crippen LogP contribution is -2.44. The highest BCUT2D eigenvalue weighted by atomic mass is 32.2. The van der Waals surface area contributed by atoms with Gasteiger partial charge in [0.2, 0.25) is 10.0 Å². The van der Waals surface area contributed by atoms with Gasteiger partial charge in [-0.3, -0.25) is 4.79 Å². The van der Waals surface area contributed by atoms with Crippen molar-refractivity contribution in [2.24, 2.45) is 7.05 Å². The van der Waals surface area contributed by atoms with Crippen molar-refractivity contribution in [3.63, 3.8) is 0 Å². The largest absolute Gasteiger partial charge is 0.391 e. The molecule has 0 aromatic carbocycles. The van der Waals surface area contributed by atoms with E-state index >= 15 is 0 Å². The summed E-state index contributed by atoms with van der Waals surface area (Å²) in [5.74, 6) is -0.350. The van der Waals surface area contributed by atoms with Crippen LogP contribution in [0.1, 0.15) is 36.2 Å². The van der Waals surface area contributed by atoms with Crippen LogP contribution in [-0.2, 0) is 17.1 Å². The summed E-state index contributed by atoms with van der Waals surface area (Å²) in [7, 11) is -0.651. The Labute approximate surface area is 124 Å². The highest BCUT2D eigenvalue weighted by Gasteiger charge is 2.29. The molecule has 0 unspecified atom stereocenters. The van der Waals surface area contributed by atoms with Crippen LogP contribution >= 0.6 is 0 Å². The number of hydrogen-bond donors (Lipinski definition) is 3. The van der Waals surface area contributed by atoms with Gasteiger partial charge in [-0.1, -0.05) is 12.8 Å². The lowest BCUT2D eigenvalue weighted by Gasteiger charge is -2.27. The molecule has 3 N–H and O–H groups in total. The zero-order chi connectivity index (χ0) is 15.6. The SMILES string of the molecule is CNC(=O)c1cc(S(=O)(=O)N[C@@H]2CCCC[C@H]2O)cn1C. The highest BCUT2D eigenvalue weighted by molar-refractivity contribution is 7.89. The minimum atomic E-state index is -3.75. The summed E-state index contributed by atoms with van der Waals surface area (Å²) in [5.41, 5.74) is 0.266. The fraction of sp³-hybridized carbons (Fsp3) is 0.615. The fourth-order valence-corrected chi connectivity index (χ4v) is 3.92. The number of carbonyl (C=O) groups excluding carboxylic acids is 1. The highest BCUT2D eigenvalue weighted by Crippen LogP contribution is 2.21. The maximum Gasteiger partial charge on any atom is 0.267 e. The number of nitrogens with zero attached hydrogens (tertiary/aromatic N) is 1. The zero-order valence-corrected chi connectivity index (χ0v) is 13.0. The summed E-state index contributed by atoms with van der Waals surface area (Å²) in [6, 6.07) is 0.864. The first-order valence-corrected chi connectivity index (χ1v) is 8.42. The van der Waals surface area contributed by atoms with Gasteiger partial charge in [0.25, 0.3) is 5.91 Å². The van der Waals surface area contributed by atoms with Gasteiger partial charge >= 0.3 is 0 Å². The molecule has 2 rings (SSSR count). The number of aliphatic hydroxyl groups is 1. The number of sulfonamides is 1. The van der Waals surface area contributed by atoms with E-state index < -0.39 is 22.2 Å².